The van der Waals surface area contributed by atoms with Crippen LogP contribution in [-0.2, 0) is 21.4 Å². The molecule has 59 heavy (non-hydrogen) atoms. The summed E-state index contributed by atoms with van der Waals surface area (Å²) in [7, 11) is 0. The number of rotatable bonds is 6. The monoisotopic (exact) mass is 797 g/mol. The van der Waals surface area contributed by atoms with Gasteiger partial charge in [0.25, 0.3) is 11.8 Å². The number of nitrogens with one attached hydrogen (secondary N) is 2. The van der Waals surface area contributed by atoms with E-state index < -0.39 is 40.9 Å². The molecule has 12 nitrogen and oxygen atoms in total. The number of carbonyl (C=O) groups is 5. The number of aromatic nitrogens is 1. The standard InChI is InChI=1S/C46H48FN7O5/c1-6-28-16-32-33(46(4,5)42-40(41(32)56)29-8-7-27(20-48)15-35(29)49-42)19-37(28)51-13-11-26(12-14-51)23-53-24(2)21-52(22-25(53)3)38-18-31-30(17-34(38)47)44(58)54(45(31)59)36-9-10-39(55)50-43(36)57/h7-8,15-19,24-26,36,49H,6,9-14,21-23H2,1-5H3,(H,50,55,57). The number of nitrogens with zero attached hydrogens (tertiary/aromatic N) is 5. The summed E-state index contributed by atoms with van der Waals surface area (Å²) in [6, 6.07) is 13.7. The van der Waals surface area contributed by atoms with Gasteiger partial charge in [0.15, 0.2) is 5.78 Å². The van der Waals surface area contributed by atoms with Gasteiger partial charge < -0.3 is 14.8 Å². The van der Waals surface area contributed by atoms with E-state index in [9.17, 15) is 29.2 Å². The maximum atomic E-state index is 15.8. The second kappa shape index (κ2) is 14.2. The number of ketones is 1. The number of hydrogen-bond acceptors (Lipinski definition) is 9. The van der Waals surface area contributed by atoms with Gasteiger partial charge in [-0.3, -0.25) is 39.1 Å². The van der Waals surface area contributed by atoms with E-state index in [0.717, 1.165) is 83.2 Å². The van der Waals surface area contributed by atoms with Gasteiger partial charge in [-0.1, -0.05) is 26.8 Å². The van der Waals surface area contributed by atoms with Gasteiger partial charge in [-0.05, 0) is 93.0 Å². The molecule has 0 bridgehead atoms. The third-order valence-corrected chi connectivity index (χ3v) is 13.7. The highest BCUT2D eigenvalue weighted by molar-refractivity contribution is 6.24. The number of benzene rings is 3. The minimum Gasteiger partial charge on any atom is -0.371 e. The highest BCUT2D eigenvalue weighted by atomic mass is 19.1. The first-order chi connectivity index (χ1) is 28.2. The molecule has 3 unspecified atom stereocenters. The van der Waals surface area contributed by atoms with Gasteiger partial charge in [0.2, 0.25) is 11.8 Å². The number of aryl methyl sites for hydroxylation is 1. The Morgan fingerprint density at radius 2 is 1.56 bits per heavy atom. The van der Waals surface area contributed by atoms with E-state index in [-0.39, 0.29) is 47.5 Å². The summed E-state index contributed by atoms with van der Waals surface area (Å²) in [4.78, 5) is 76.4. The zero-order valence-electron chi connectivity index (χ0n) is 34.1. The molecule has 4 amide bonds. The number of hydrogen-bond donors (Lipinski definition) is 2. The van der Waals surface area contributed by atoms with Crippen molar-refractivity contribution in [2.75, 3.05) is 42.5 Å². The lowest BCUT2D eigenvalue weighted by molar-refractivity contribution is -0.136. The molecule has 3 aromatic carbocycles. The summed E-state index contributed by atoms with van der Waals surface area (Å²) in [6.45, 7) is 14.5. The minimum atomic E-state index is -1.11. The number of piperidine rings is 2. The maximum Gasteiger partial charge on any atom is 0.262 e. The van der Waals surface area contributed by atoms with Crippen LogP contribution < -0.4 is 15.1 Å². The number of halogens is 1. The molecule has 4 aliphatic heterocycles. The predicted molar refractivity (Wildman–Crippen MR) is 220 cm³/mol. The Bertz CT molecular complexity index is 2530. The Balaban J connectivity index is 0.875. The minimum absolute atomic E-state index is 0.0136. The quantitative estimate of drug-likeness (QED) is 0.230. The lowest BCUT2D eigenvalue weighted by atomic mass is 9.70. The molecular formula is C46H48FN7O5. The molecule has 1 aromatic heterocycles. The molecule has 9 rings (SSSR count). The first kappa shape index (κ1) is 38.6. The topological polar surface area (TPSA) is 150 Å². The van der Waals surface area contributed by atoms with E-state index in [1.54, 1.807) is 6.07 Å². The average molecular weight is 798 g/mol. The lowest BCUT2D eigenvalue weighted by Gasteiger charge is -2.47. The summed E-state index contributed by atoms with van der Waals surface area (Å²) < 4.78 is 15.8. The van der Waals surface area contributed by atoms with Crippen molar-refractivity contribution in [3.8, 4) is 6.07 Å². The van der Waals surface area contributed by atoms with E-state index >= 15 is 4.39 Å². The molecule has 304 valence electrons. The van der Waals surface area contributed by atoms with E-state index in [1.165, 1.54) is 11.8 Å². The van der Waals surface area contributed by atoms with Crippen LogP contribution in [0.2, 0.25) is 0 Å². The van der Waals surface area contributed by atoms with Gasteiger partial charge in [0.05, 0.1) is 34.0 Å². The molecule has 3 fully saturated rings. The largest absolute Gasteiger partial charge is 0.371 e. The van der Waals surface area contributed by atoms with E-state index in [4.69, 9.17) is 0 Å². The summed E-state index contributed by atoms with van der Waals surface area (Å²) in [5.41, 5.74) is 6.86. The molecule has 5 heterocycles. The second-order valence-corrected chi connectivity index (χ2v) is 17.6. The highest BCUT2D eigenvalue weighted by Gasteiger charge is 2.46. The summed E-state index contributed by atoms with van der Waals surface area (Å²) in [6.07, 6.45) is 2.87. The number of carbonyl (C=O) groups excluding carboxylic acids is 5. The van der Waals surface area contributed by atoms with Gasteiger partial charge in [-0.25, -0.2) is 4.39 Å². The Labute approximate surface area is 342 Å². The van der Waals surface area contributed by atoms with Gasteiger partial charge in [0, 0.05) is 84.5 Å². The zero-order valence-corrected chi connectivity index (χ0v) is 34.1. The Hall–Kier alpha value is -5.87. The number of nitriles is 1. The number of imide groups is 2. The Kier molecular flexibility index (Phi) is 9.27. The van der Waals surface area contributed by atoms with Crippen LogP contribution in [0.5, 0.6) is 0 Å². The molecule has 0 radical (unpaired) electrons. The molecule has 3 atom stereocenters. The molecule has 2 N–H and O–H groups in total. The van der Waals surface area contributed by atoms with Gasteiger partial charge in [-0.15, -0.1) is 0 Å². The van der Waals surface area contributed by atoms with Crippen LogP contribution in [0.25, 0.3) is 10.9 Å². The van der Waals surface area contributed by atoms with E-state index in [1.807, 2.05) is 17.0 Å². The number of piperazine rings is 1. The SMILES string of the molecule is CCc1cc2c(cc1N1CCC(CN3C(C)CN(c4cc5c(cc4F)C(=O)N(C4CCC(=O)NC4=O)C5=O)CC3C)CC1)C(C)(C)c1[nH]c3cc(C#N)ccc3c1C2=O. The zero-order chi connectivity index (χ0) is 41.7. The fourth-order valence-electron chi connectivity index (χ4n) is 10.4. The summed E-state index contributed by atoms with van der Waals surface area (Å²) >= 11 is 0. The third-order valence-electron chi connectivity index (χ3n) is 13.7. The first-order valence-corrected chi connectivity index (χ1v) is 20.8. The number of amides is 4. The van der Waals surface area contributed by atoms with Gasteiger partial charge in [0.1, 0.15) is 11.9 Å². The highest BCUT2D eigenvalue weighted by Crippen LogP contribution is 2.46. The smallest absolute Gasteiger partial charge is 0.262 e. The van der Waals surface area contributed by atoms with Gasteiger partial charge in [-0.2, -0.15) is 5.26 Å². The molecular weight excluding hydrogens is 750 g/mol. The molecule has 1 aliphatic carbocycles. The Morgan fingerprint density at radius 1 is 0.864 bits per heavy atom. The van der Waals surface area contributed by atoms with Crippen molar-refractivity contribution in [1.29, 1.82) is 5.26 Å². The molecule has 13 heteroatoms. The number of fused-ring (bicyclic) bond motifs is 5. The third kappa shape index (κ3) is 6.13. The van der Waals surface area contributed by atoms with Crippen LogP contribution in [0.3, 0.4) is 0 Å². The van der Waals surface area contributed by atoms with Crippen molar-refractivity contribution in [2.45, 2.75) is 90.3 Å². The molecule has 5 aliphatic rings. The Morgan fingerprint density at radius 3 is 2.22 bits per heavy atom. The predicted octanol–water partition coefficient (Wildman–Crippen LogP) is 5.83. The van der Waals surface area contributed by atoms with Crippen LogP contribution in [-0.4, -0.2) is 95.0 Å². The number of H-pyrrole nitrogens is 1. The van der Waals surface area contributed by atoms with Crippen molar-refractivity contribution in [1.82, 2.24) is 20.1 Å². The van der Waals surface area contributed by atoms with E-state index in [0.29, 0.717) is 30.1 Å². The average Bonchev–Trinajstić information content (AvgIpc) is 3.72. The van der Waals surface area contributed by atoms with Crippen LogP contribution in [0.1, 0.15) is 119 Å². The van der Waals surface area contributed by atoms with Crippen LogP contribution >= 0.6 is 0 Å². The molecule has 4 aromatic rings. The molecule has 0 spiro atoms. The van der Waals surface area contributed by atoms with Gasteiger partial charge >= 0.3 is 0 Å². The fourth-order valence-corrected chi connectivity index (χ4v) is 10.4. The van der Waals surface area contributed by atoms with Crippen molar-refractivity contribution < 1.29 is 28.4 Å². The summed E-state index contributed by atoms with van der Waals surface area (Å²) in [5, 5.41) is 12.5. The van der Waals surface area contributed by atoms with Crippen molar-refractivity contribution >= 4 is 51.7 Å². The van der Waals surface area contributed by atoms with Crippen molar-refractivity contribution in [3.05, 3.63) is 92.9 Å². The molecule has 0 saturated carbocycles. The normalized spacial score (nSPS) is 23.4. The lowest BCUT2D eigenvalue weighted by Crippen LogP contribution is -2.58. The fraction of sp³-hybridized carbons (Fsp3) is 0.435. The number of anilines is 2. The second-order valence-electron chi connectivity index (χ2n) is 17.6. The van der Waals surface area contributed by atoms with Crippen molar-refractivity contribution in [2.24, 2.45) is 5.92 Å². The maximum absolute atomic E-state index is 15.8. The van der Waals surface area contributed by atoms with Crippen LogP contribution in [0, 0.1) is 23.1 Å². The summed E-state index contributed by atoms with van der Waals surface area (Å²) in [5.74, 6) is -2.62. The molecule has 3 saturated heterocycles. The van der Waals surface area contributed by atoms with Crippen molar-refractivity contribution in [3.63, 3.8) is 0 Å². The van der Waals surface area contributed by atoms with E-state index in [2.05, 4.69) is 72.9 Å². The van der Waals surface area contributed by atoms with Crippen LogP contribution in [0.4, 0.5) is 15.8 Å². The number of aromatic amines is 1. The van der Waals surface area contributed by atoms with Crippen LogP contribution in [0.15, 0.2) is 42.5 Å². The first-order valence-electron chi connectivity index (χ1n) is 20.8.